The minimum absolute atomic E-state index is 0.160. The van der Waals surface area contributed by atoms with E-state index in [1.807, 2.05) is 25.3 Å². The Morgan fingerprint density at radius 1 is 1.09 bits per heavy atom. The summed E-state index contributed by atoms with van der Waals surface area (Å²) >= 11 is 0. The first-order valence-electron chi connectivity index (χ1n) is 11.5. The zero-order valence-electron chi connectivity index (χ0n) is 19.3. The lowest BCUT2D eigenvalue weighted by molar-refractivity contribution is 0.242. The second kappa shape index (κ2) is 7.13. The molecule has 0 amide bonds. The molecule has 3 aromatic heterocycles. The number of nitrogens with one attached hydrogen (secondary N) is 1. The quantitative estimate of drug-likeness (QED) is 0.475. The monoisotopic (exact) mass is 453 g/mol. The van der Waals surface area contributed by atoms with Crippen molar-refractivity contribution in [2.24, 2.45) is 5.41 Å². The standard InChI is InChI=1S/C27H24FN5O/c1-15-5-4-6-19(28)24(15)20-11-17-18-9-10-27(26(18,2)3,25(17)33-32-20)22-14-29-13-21(31-22)16-7-8-23(34)30-12-16/h4-8,11-14,18H,9-10H2,1-3H3,(H,30,34)/t18-,27-/m0/s1. The van der Waals surface area contributed by atoms with Crippen molar-refractivity contribution in [1.82, 2.24) is 25.1 Å². The van der Waals surface area contributed by atoms with E-state index in [0.717, 1.165) is 40.9 Å². The van der Waals surface area contributed by atoms with Gasteiger partial charge in [0.25, 0.3) is 0 Å². The highest BCUT2D eigenvalue weighted by Crippen LogP contribution is 2.69. The number of nitrogens with zero attached hydrogens (tertiary/aromatic N) is 4. The van der Waals surface area contributed by atoms with E-state index in [1.54, 1.807) is 24.5 Å². The molecule has 1 aromatic carbocycles. The van der Waals surface area contributed by atoms with E-state index in [0.29, 0.717) is 17.0 Å². The van der Waals surface area contributed by atoms with E-state index < -0.39 is 5.41 Å². The summed E-state index contributed by atoms with van der Waals surface area (Å²) in [6.07, 6.45) is 7.08. The summed E-state index contributed by atoms with van der Waals surface area (Å²) in [5.74, 6) is -0.0202. The van der Waals surface area contributed by atoms with Crippen LogP contribution < -0.4 is 5.56 Å². The normalized spacial score (nSPS) is 22.1. The van der Waals surface area contributed by atoms with Crippen LogP contribution in [0.3, 0.4) is 0 Å². The van der Waals surface area contributed by atoms with Crippen molar-refractivity contribution >= 4 is 0 Å². The Labute approximate surface area is 196 Å². The smallest absolute Gasteiger partial charge is 0.247 e. The van der Waals surface area contributed by atoms with Crippen LogP contribution in [-0.4, -0.2) is 25.1 Å². The molecule has 1 saturated carbocycles. The number of halogens is 1. The molecule has 7 heteroatoms. The van der Waals surface area contributed by atoms with Crippen molar-refractivity contribution in [2.45, 2.75) is 44.9 Å². The van der Waals surface area contributed by atoms with E-state index >= 15 is 0 Å². The molecule has 170 valence electrons. The number of H-pyrrole nitrogens is 1. The highest BCUT2D eigenvalue weighted by atomic mass is 19.1. The Balaban J connectivity index is 1.52. The largest absolute Gasteiger partial charge is 0.328 e. The number of rotatable bonds is 3. The van der Waals surface area contributed by atoms with Crippen LogP contribution in [0.4, 0.5) is 4.39 Å². The second-order valence-corrected chi connectivity index (χ2v) is 9.91. The van der Waals surface area contributed by atoms with Gasteiger partial charge in [-0.1, -0.05) is 26.0 Å². The molecule has 6 nitrogen and oxygen atoms in total. The van der Waals surface area contributed by atoms with Gasteiger partial charge in [0.15, 0.2) is 0 Å². The molecule has 4 aromatic rings. The first-order chi connectivity index (χ1) is 16.3. The first-order valence-corrected chi connectivity index (χ1v) is 11.5. The van der Waals surface area contributed by atoms with Gasteiger partial charge in [-0.25, -0.2) is 9.37 Å². The van der Waals surface area contributed by atoms with E-state index in [-0.39, 0.29) is 22.7 Å². The Bertz CT molecular complexity index is 1470. The molecule has 2 atom stereocenters. The topological polar surface area (TPSA) is 84.4 Å². The highest BCUT2D eigenvalue weighted by molar-refractivity contribution is 5.67. The third-order valence-electron chi connectivity index (χ3n) is 8.01. The van der Waals surface area contributed by atoms with E-state index in [9.17, 15) is 9.18 Å². The predicted molar refractivity (Wildman–Crippen MR) is 127 cm³/mol. The molecule has 0 saturated heterocycles. The van der Waals surface area contributed by atoms with Crippen LogP contribution >= 0.6 is 0 Å². The lowest BCUT2D eigenvalue weighted by Crippen LogP contribution is -2.38. The average Bonchev–Trinajstić information content (AvgIpc) is 3.21. The number of benzene rings is 1. The lowest BCUT2D eigenvalue weighted by atomic mass is 9.66. The lowest BCUT2D eigenvalue weighted by Gasteiger charge is -2.37. The van der Waals surface area contributed by atoms with Crippen LogP contribution in [0.5, 0.6) is 0 Å². The molecular formula is C27H24FN5O. The third-order valence-corrected chi connectivity index (χ3v) is 8.01. The van der Waals surface area contributed by atoms with Crippen molar-refractivity contribution in [3.05, 3.63) is 93.7 Å². The Kier molecular flexibility index (Phi) is 4.37. The number of hydrogen-bond donors (Lipinski definition) is 1. The molecule has 0 radical (unpaired) electrons. The van der Waals surface area contributed by atoms with Crippen molar-refractivity contribution in [3.8, 4) is 22.5 Å². The van der Waals surface area contributed by atoms with E-state index in [2.05, 4.69) is 28.9 Å². The Morgan fingerprint density at radius 2 is 1.94 bits per heavy atom. The number of fused-ring (bicyclic) bond motifs is 5. The van der Waals surface area contributed by atoms with E-state index in [4.69, 9.17) is 10.1 Å². The zero-order valence-corrected chi connectivity index (χ0v) is 19.3. The van der Waals surface area contributed by atoms with Gasteiger partial charge in [0.2, 0.25) is 5.56 Å². The number of hydrogen-bond acceptors (Lipinski definition) is 5. The first kappa shape index (κ1) is 20.8. The van der Waals surface area contributed by atoms with Crippen LogP contribution in [0.15, 0.2) is 59.8 Å². The molecule has 0 unspecified atom stereocenters. The maximum absolute atomic E-state index is 14.7. The van der Waals surface area contributed by atoms with Crippen molar-refractivity contribution in [3.63, 3.8) is 0 Å². The van der Waals surface area contributed by atoms with Crippen LogP contribution in [0.2, 0.25) is 0 Å². The molecule has 6 rings (SSSR count). The molecule has 2 aliphatic carbocycles. The predicted octanol–water partition coefficient (Wildman–Crippen LogP) is 4.94. The van der Waals surface area contributed by atoms with Gasteiger partial charge >= 0.3 is 0 Å². The fourth-order valence-electron chi connectivity index (χ4n) is 6.25. The molecule has 0 spiro atoms. The number of aryl methyl sites for hydroxylation is 1. The average molecular weight is 454 g/mol. The van der Waals surface area contributed by atoms with E-state index in [1.165, 1.54) is 12.1 Å². The van der Waals surface area contributed by atoms with Gasteiger partial charge in [-0.3, -0.25) is 9.78 Å². The van der Waals surface area contributed by atoms with Gasteiger partial charge in [0.1, 0.15) is 5.82 Å². The number of aromatic amines is 1. The maximum Gasteiger partial charge on any atom is 0.247 e. The number of pyridine rings is 1. The summed E-state index contributed by atoms with van der Waals surface area (Å²) in [6.45, 7) is 6.41. The summed E-state index contributed by atoms with van der Waals surface area (Å²) in [7, 11) is 0. The SMILES string of the molecule is Cc1cccc(F)c1-c1cc2c(nn1)[C@@]1(c3cncc(-c4ccc(=O)[nH]c4)n3)CC[C@@H]2C1(C)C. The summed E-state index contributed by atoms with van der Waals surface area (Å²) < 4.78 is 14.7. The number of aromatic nitrogens is 5. The molecular weight excluding hydrogens is 429 g/mol. The fraction of sp³-hybridized carbons (Fsp3) is 0.296. The van der Waals surface area contributed by atoms with Crippen molar-refractivity contribution in [1.29, 1.82) is 0 Å². The van der Waals surface area contributed by atoms with Crippen LogP contribution in [0.25, 0.3) is 22.5 Å². The summed E-state index contributed by atoms with van der Waals surface area (Å²) in [5, 5.41) is 9.24. The molecule has 0 aliphatic heterocycles. The summed E-state index contributed by atoms with van der Waals surface area (Å²) in [6, 6.07) is 10.3. The van der Waals surface area contributed by atoms with Crippen LogP contribution in [0.1, 0.15) is 55.1 Å². The minimum Gasteiger partial charge on any atom is -0.328 e. The Morgan fingerprint density at radius 3 is 2.71 bits per heavy atom. The third kappa shape index (κ3) is 2.70. The maximum atomic E-state index is 14.7. The molecule has 2 bridgehead atoms. The second-order valence-electron chi connectivity index (χ2n) is 9.91. The van der Waals surface area contributed by atoms with Gasteiger partial charge in [-0.2, -0.15) is 10.2 Å². The van der Waals surface area contributed by atoms with Crippen LogP contribution in [-0.2, 0) is 5.41 Å². The fourth-order valence-corrected chi connectivity index (χ4v) is 6.25. The van der Waals surface area contributed by atoms with Gasteiger partial charge < -0.3 is 4.98 Å². The highest BCUT2D eigenvalue weighted by Gasteiger charge is 2.65. The summed E-state index contributed by atoms with van der Waals surface area (Å²) in [5.41, 5.74) is 5.55. The van der Waals surface area contributed by atoms with Crippen molar-refractivity contribution < 1.29 is 4.39 Å². The minimum atomic E-state index is -0.437. The van der Waals surface area contributed by atoms with Crippen LogP contribution in [0, 0.1) is 18.2 Å². The van der Waals surface area contributed by atoms with Crippen molar-refractivity contribution in [2.75, 3.05) is 0 Å². The Hall–Kier alpha value is -3.74. The zero-order chi connectivity index (χ0) is 23.7. The molecule has 2 aliphatic rings. The summed E-state index contributed by atoms with van der Waals surface area (Å²) in [4.78, 5) is 23.7. The van der Waals surface area contributed by atoms with Gasteiger partial charge in [0.05, 0.1) is 34.4 Å². The molecule has 3 heterocycles. The molecule has 1 fully saturated rings. The van der Waals surface area contributed by atoms with Gasteiger partial charge in [-0.05, 0) is 60.4 Å². The van der Waals surface area contributed by atoms with Gasteiger partial charge in [-0.15, -0.1) is 0 Å². The van der Waals surface area contributed by atoms with Gasteiger partial charge in [0, 0.05) is 29.6 Å². The molecule has 34 heavy (non-hydrogen) atoms. The molecule has 1 N–H and O–H groups in total.